The van der Waals surface area contributed by atoms with Crippen molar-refractivity contribution in [3.63, 3.8) is 0 Å². The van der Waals surface area contributed by atoms with E-state index in [-0.39, 0.29) is 0 Å². The zero-order valence-corrected chi connectivity index (χ0v) is 20.9. The Morgan fingerprint density at radius 2 is 1.81 bits per heavy atom. The van der Waals surface area contributed by atoms with Gasteiger partial charge in [0, 0.05) is 57.7 Å². The minimum absolute atomic E-state index is 0.317. The minimum atomic E-state index is 0.317. The van der Waals surface area contributed by atoms with Gasteiger partial charge in [0.25, 0.3) is 0 Å². The van der Waals surface area contributed by atoms with Crippen molar-refractivity contribution >= 4 is 23.1 Å². The summed E-state index contributed by atoms with van der Waals surface area (Å²) in [4.78, 5) is 16.3. The van der Waals surface area contributed by atoms with Crippen molar-refractivity contribution in [2.75, 3.05) is 87.8 Å². The highest BCUT2D eigenvalue weighted by Crippen LogP contribution is 2.32. The van der Waals surface area contributed by atoms with Crippen LogP contribution in [-0.4, -0.2) is 98.2 Å². The number of benzene rings is 1. The summed E-state index contributed by atoms with van der Waals surface area (Å²) < 4.78 is 11.0. The monoisotopic (exact) mass is 492 g/mol. The van der Waals surface area contributed by atoms with Gasteiger partial charge >= 0.3 is 0 Å². The average Bonchev–Trinajstić information content (AvgIpc) is 2.94. The fourth-order valence-corrected chi connectivity index (χ4v) is 5.22. The fraction of sp³-hybridized carbons (Fsp3) is 0.577. The minimum Gasteiger partial charge on any atom is -0.379 e. The highest BCUT2D eigenvalue weighted by atomic mass is 16.5. The molecular weight excluding hydrogens is 456 g/mol. The smallest absolute Gasteiger partial charge is 0.229 e. The molecule has 3 aliphatic rings. The van der Waals surface area contributed by atoms with Crippen LogP contribution >= 0.6 is 0 Å². The lowest BCUT2D eigenvalue weighted by molar-refractivity contribution is 0.0107. The number of morpholine rings is 2. The summed E-state index contributed by atoms with van der Waals surface area (Å²) in [6.45, 7) is 9.71. The van der Waals surface area contributed by atoms with Crippen LogP contribution in [0.4, 0.5) is 23.1 Å². The lowest BCUT2D eigenvalue weighted by Gasteiger charge is -2.45. The molecule has 3 fully saturated rings. The third-order valence-electron chi connectivity index (χ3n) is 7.11. The summed E-state index contributed by atoms with van der Waals surface area (Å²) >= 11 is 0. The van der Waals surface area contributed by atoms with Crippen molar-refractivity contribution in [3.05, 3.63) is 36.0 Å². The molecule has 192 valence electrons. The van der Waals surface area contributed by atoms with Crippen LogP contribution in [0.25, 0.3) is 0 Å². The maximum Gasteiger partial charge on any atom is 0.229 e. The number of nitriles is 1. The summed E-state index contributed by atoms with van der Waals surface area (Å²) in [5.41, 5.74) is 2.47. The first kappa shape index (κ1) is 24.7. The van der Waals surface area contributed by atoms with Crippen LogP contribution in [0.2, 0.25) is 0 Å². The summed E-state index contributed by atoms with van der Waals surface area (Å²) in [7, 11) is 0. The summed E-state index contributed by atoms with van der Waals surface area (Å²) in [6.07, 6.45) is 5.53. The zero-order chi connectivity index (χ0) is 24.6. The second-order valence-electron chi connectivity index (χ2n) is 9.43. The normalized spacial score (nSPS) is 21.6. The molecule has 5 rings (SSSR count). The van der Waals surface area contributed by atoms with Crippen LogP contribution < -0.4 is 15.5 Å². The summed E-state index contributed by atoms with van der Waals surface area (Å²) in [5, 5.41) is 16.7. The van der Waals surface area contributed by atoms with Gasteiger partial charge in [-0.15, -0.1) is 0 Å². The fourth-order valence-electron chi connectivity index (χ4n) is 5.22. The van der Waals surface area contributed by atoms with Gasteiger partial charge in [0.15, 0.2) is 0 Å². The lowest BCUT2D eigenvalue weighted by atomic mass is 10.0. The van der Waals surface area contributed by atoms with Crippen LogP contribution in [0.1, 0.15) is 24.8 Å². The molecule has 0 saturated carbocycles. The molecule has 3 aliphatic heterocycles. The first-order valence-corrected chi connectivity index (χ1v) is 13.1. The van der Waals surface area contributed by atoms with Gasteiger partial charge in [-0.2, -0.15) is 10.2 Å². The van der Waals surface area contributed by atoms with Gasteiger partial charge in [-0.1, -0.05) is 0 Å². The predicted molar refractivity (Wildman–Crippen MR) is 140 cm³/mol. The number of anilines is 4. The molecule has 2 N–H and O–H groups in total. The Bertz CT molecular complexity index is 1030. The van der Waals surface area contributed by atoms with Crippen LogP contribution in [0.5, 0.6) is 0 Å². The van der Waals surface area contributed by atoms with Gasteiger partial charge in [0.1, 0.15) is 11.9 Å². The molecule has 1 aromatic heterocycles. The third-order valence-corrected chi connectivity index (χ3v) is 7.11. The van der Waals surface area contributed by atoms with E-state index in [1.165, 1.54) is 6.42 Å². The van der Waals surface area contributed by atoms with Gasteiger partial charge in [-0.05, 0) is 43.5 Å². The third kappa shape index (κ3) is 6.23. The Morgan fingerprint density at radius 3 is 2.61 bits per heavy atom. The number of piperidine rings is 1. The van der Waals surface area contributed by atoms with Gasteiger partial charge in [0.2, 0.25) is 5.95 Å². The molecule has 1 atom stereocenters. The molecule has 4 heterocycles. The van der Waals surface area contributed by atoms with Crippen LogP contribution in [0, 0.1) is 11.3 Å². The largest absolute Gasteiger partial charge is 0.379 e. The number of hydrogen-bond acceptors (Lipinski definition) is 10. The first-order valence-electron chi connectivity index (χ1n) is 13.1. The van der Waals surface area contributed by atoms with Gasteiger partial charge < -0.3 is 25.0 Å². The van der Waals surface area contributed by atoms with Crippen LogP contribution in [0.15, 0.2) is 30.5 Å². The van der Waals surface area contributed by atoms with E-state index in [9.17, 15) is 5.26 Å². The van der Waals surface area contributed by atoms with Crippen molar-refractivity contribution < 1.29 is 9.47 Å². The molecule has 0 amide bonds. The molecule has 0 radical (unpaired) electrons. The highest BCUT2D eigenvalue weighted by Gasteiger charge is 2.30. The molecule has 1 aromatic carbocycles. The number of ether oxygens (including phenoxy) is 2. The molecule has 10 nitrogen and oxygen atoms in total. The van der Waals surface area contributed by atoms with Gasteiger partial charge in [-0.3, -0.25) is 9.80 Å². The Balaban J connectivity index is 1.24. The maximum absolute atomic E-state index is 9.99. The van der Waals surface area contributed by atoms with Crippen molar-refractivity contribution in [1.82, 2.24) is 19.8 Å². The molecule has 1 unspecified atom stereocenters. The van der Waals surface area contributed by atoms with Crippen LogP contribution in [-0.2, 0) is 9.47 Å². The SMILES string of the molecule is N#Cc1cc(Nc2nccc(NCCN3CCOCC3)n2)ccc1N1CCCCC1N1CCOCC1. The quantitative estimate of drug-likeness (QED) is 0.571. The zero-order valence-electron chi connectivity index (χ0n) is 20.9. The molecule has 36 heavy (non-hydrogen) atoms. The second kappa shape index (κ2) is 12.3. The Kier molecular flexibility index (Phi) is 8.46. The second-order valence-corrected chi connectivity index (χ2v) is 9.43. The Hall–Kier alpha value is -2.97. The van der Waals surface area contributed by atoms with Gasteiger partial charge in [-0.25, -0.2) is 4.98 Å². The number of nitrogens with zero attached hydrogens (tertiary/aromatic N) is 6. The molecule has 2 aromatic rings. The Labute approximate surface area is 213 Å². The van der Waals surface area contributed by atoms with E-state index in [1.807, 2.05) is 18.2 Å². The van der Waals surface area contributed by atoms with Crippen molar-refractivity contribution in [3.8, 4) is 6.07 Å². The van der Waals surface area contributed by atoms with Crippen molar-refractivity contribution in [1.29, 1.82) is 5.26 Å². The molecule has 10 heteroatoms. The van der Waals surface area contributed by atoms with E-state index in [0.29, 0.717) is 17.7 Å². The Morgan fingerprint density at radius 1 is 1.00 bits per heavy atom. The van der Waals surface area contributed by atoms with Crippen LogP contribution in [0.3, 0.4) is 0 Å². The highest BCUT2D eigenvalue weighted by molar-refractivity contribution is 5.68. The van der Waals surface area contributed by atoms with Crippen molar-refractivity contribution in [2.45, 2.75) is 25.4 Å². The number of hydrogen-bond donors (Lipinski definition) is 2. The van der Waals surface area contributed by atoms with E-state index >= 15 is 0 Å². The molecular formula is C26H36N8O2. The lowest BCUT2D eigenvalue weighted by Crippen LogP contribution is -2.54. The molecule has 3 saturated heterocycles. The summed E-state index contributed by atoms with van der Waals surface area (Å²) in [6, 6.07) is 10.3. The topological polar surface area (TPSA) is 102 Å². The summed E-state index contributed by atoms with van der Waals surface area (Å²) in [5.74, 6) is 1.28. The number of aromatic nitrogens is 2. The predicted octanol–water partition coefficient (Wildman–Crippen LogP) is 2.48. The maximum atomic E-state index is 9.99. The standard InChI is InChI=1S/C26H36N8O2/c27-20-21-19-22(4-5-23(21)34-9-2-1-3-25(34)33-13-17-36-18-14-33)30-26-29-7-6-24(31-26)28-8-10-32-11-15-35-16-12-32/h4-7,19,25H,1-3,8-18H2,(H2,28,29,30,31). The van der Waals surface area contributed by atoms with E-state index in [0.717, 1.165) is 102 Å². The van der Waals surface area contributed by atoms with E-state index in [1.54, 1.807) is 6.20 Å². The first-order chi connectivity index (χ1) is 17.8. The van der Waals surface area contributed by atoms with E-state index in [4.69, 9.17) is 9.47 Å². The number of nitrogens with one attached hydrogen (secondary N) is 2. The number of rotatable bonds is 8. The average molecular weight is 493 g/mol. The molecule has 0 bridgehead atoms. The van der Waals surface area contributed by atoms with E-state index in [2.05, 4.69) is 47.4 Å². The molecule has 0 aliphatic carbocycles. The van der Waals surface area contributed by atoms with E-state index < -0.39 is 0 Å². The molecule has 0 spiro atoms. The van der Waals surface area contributed by atoms with Crippen molar-refractivity contribution in [2.24, 2.45) is 0 Å². The van der Waals surface area contributed by atoms with Gasteiger partial charge in [0.05, 0.1) is 43.8 Å².